The van der Waals surface area contributed by atoms with Crippen LogP contribution in [0.5, 0.6) is 0 Å². The van der Waals surface area contributed by atoms with Gasteiger partial charge in [-0.2, -0.15) is 0 Å². The van der Waals surface area contributed by atoms with Gasteiger partial charge in [-0.05, 0) is 13.8 Å². The molecule has 9 unspecified atom stereocenters. The van der Waals surface area contributed by atoms with Gasteiger partial charge in [-0.3, -0.25) is 0 Å². The molecule has 8 heteroatoms. The number of hydrogen-bond donors (Lipinski definition) is 5. The monoisotopic (exact) mass is 294 g/mol. The zero-order chi connectivity index (χ0) is 15.0. The van der Waals surface area contributed by atoms with Crippen molar-refractivity contribution in [1.29, 1.82) is 0 Å². The van der Waals surface area contributed by atoms with E-state index in [4.69, 9.17) is 14.2 Å². The summed E-state index contributed by atoms with van der Waals surface area (Å²) in [6, 6.07) is 0. The van der Waals surface area contributed by atoms with Gasteiger partial charge in [0.2, 0.25) is 0 Å². The van der Waals surface area contributed by atoms with Gasteiger partial charge in [-0.25, -0.2) is 0 Å². The molecule has 0 bridgehead atoms. The van der Waals surface area contributed by atoms with E-state index in [1.165, 1.54) is 6.92 Å². The van der Waals surface area contributed by atoms with Crippen LogP contribution in [0.15, 0.2) is 0 Å². The van der Waals surface area contributed by atoms with Gasteiger partial charge in [0.1, 0.15) is 24.4 Å². The van der Waals surface area contributed by atoms with Crippen molar-refractivity contribution in [3.63, 3.8) is 0 Å². The molecule has 20 heavy (non-hydrogen) atoms. The summed E-state index contributed by atoms with van der Waals surface area (Å²) in [5.74, 6) is 0. The molecule has 0 spiro atoms. The van der Waals surface area contributed by atoms with Gasteiger partial charge in [0.15, 0.2) is 12.6 Å². The van der Waals surface area contributed by atoms with E-state index >= 15 is 0 Å². The molecule has 2 rings (SSSR count). The van der Waals surface area contributed by atoms with Crippen molar-refractivity contribution in [3.8, 4) is 0 Å². The Morgan fingerprint density at radius 1 is 0.900 bits per heavy atom. The van der Waals surface area contributed by atoms with Crippen molar-refractivity contribution in [2.24, 2.45) is 0 Å². The molecule has 5 N–H and O–H groups in total. The largest absolute Gasteiger partial charge is 0.390 e. The molecule has 2 fully saturated rings. The normalized spacial score (nSPS) is 53.9. The van der Waals surface area contributed by atoms with Gasteiger partial charge >= 0.3 is 0 Å². The Balaban J connectivity index is 2.01. The summed E-state index contributed by atoms with van der Waals surface area (Å²) in [5.41, 5.74) is 0. The molecule has 0 aromatic heterocycles. The molecule has 0 aromatic carbocycles. The second-order valence-corrected chi connectivity index (χ2v) is 5.42. The second-order valence-electron chi connectivity index (χ2n) is 5.42. The first kappa shape index (κ1) is 16.1. The molecule has 0 saturated carbocycles. The Bertz CT molecular complexity index is 315. The van der Waals surface area contributed by atoms with E-state index in [0.717, 1.165) is 0 Å². The third kappa shape index (κ3) is 3.12. The van der Waals surface area contributed by atoms with Crippen molar-refractivity contribution in [3.05, 3.63) is 0 Å². The Kier molecular flexibility index (Phi) is 4.98. The molecule has 2 saturated heterocycles. The maximum absolute atomic E-state index is 9.90. The summed E-state index contributed by atoms with van der Waals surface area (Å²) >= 11 is 0. The maximum atomic E-state index is 9.90. The van der Waals surface area contributed by atoms with Crippen LogP contribution in [0.1, 0.15) is 20.3 Å². The van der Waals surface area contributed by atoms with Crippen LogP contribution in [-0.4, -0.2) is 80.8 Å². The summed E-state index contributed by atoms with van der Waals surface area (Å²) in [4.78, 5) is 0. The van der Waals surface area contributed by atoms with Gasteiger partial charge in [0.05, 0.1) is 18.3 Å². The first-order chi connectivity index (χ1) is 9.31. The Morgan fingerprint density at radius 2 is 1.55 bits per heavy atom. The molecule has 0 aliphatic carbocycles. The zero-order valence-electron chi connectivity index (χ0n) is 11.4. The summed E-state index contributed by atoms with van der Waals surface area (Å²) in [6.07, 6.45) is -9.66. The molecule has 2 aliphatic heterocycles. The minimum Gasteiger partial charge on any atom is -0.390 e. The fourth-order valence-corrected chi connectivity index (χ4v) is 2.47. The Morgan fingerprint density at radius 3 is 2.15 bits per heavy atom. The van der Waals surface area contributed by atoms with Gasteiger partial charge in [0.25, 0.3) is 0 Å². The van der Waals surface area contributed by atoms with Crippen LogP contribution >= 0.6 is 0 Å². The molecule has 8 nitrogen and oxygen atoms in total. The minimum atomic E-state index is -1.49. The van der Waals surface area contributed by atoms with Gasteiger partial charge in [-0.1, -0.05) is 0 Å². The van der Waals surface area contributed by atoms with E-state index in [0.29, 0.717) is 0 Å². The van der Waals surface area contributed by atoms with Crippen molar-refractivity contribution < 1.29 is 39.7 Å². The zero-order valence-corrected chi connectivity index (χ0v) is 11.4. The highest BCUT2D eigenvalue weighted by atomic mass is 16.7. The molecular weight excluding hydrogens is 272 g/mol. The van der Waals surface area contributed by atoms with E-state index in [1.807, 2.05) is 0 Å². The highest BCUT2D eigenvalue weighted by molar-refractivity contribution is 4.89. The minimum absolute atomic E-state index is 0.269. The molecule has 0 radical (unpaired) electrons. The lowest BCUT2D eigenvalue weighted by Gasteiger charge is -2.43. The fraction of sp³-hybridized carbons (Fsp3) is 1.00. The van der Waals surface area contributed by atoms with Gasteiger partial charge in [-0.15, -0.1) is 0 Å². The van der Waals surface area contributed by atoms with Crippen LogP contribution < -0.4 is 0 Å². The second kappa shape index (κ2) is 6.20. The Hall–Kier alpha value is -0.320. The average Bonchev–Trinajstić information content (AvgIpc) is 2.37. The third-order valence-corrected chi connectivity index (χ3v) is 3.71. The third-order valence-electron chi connectivity index (χ3n) is 3.71. The molecule has 9 atom stereocenters. The number of rotatable bonds is 2. The molecule has 0 aromatic rings. The average molecular weight is 294 g/mol. The van der Waals surface area contributed by atoms with Crippen LogP contribution in [0.2, 0.25) is 0 Å². The van der Waals surface area contributed by atoms with E-state index < -0.39 is 49.2 Å². The molecule has 2 heterocycles. The number of aliphatic hydroxyl groups is 5. The van der Waals surface area contributed by atoms with Crippen molar-refractivity contribution in [2.75, 3.05) is 0 Å². The first-order valence-electron chi connectivity index (χ1n) is 6.68. The summed E-state index contributed by atoms with van der Waals surface area (Å²) in [5, 5.41) is 48.7. The van der Waals surface area contributed by atoms with E-state index in [-0.39, 0.29) is 12.5 Å². The fourth-order valence-electron chi connectivity index (χ4n) is 2.47. The SMILES string of the molecule is CC1CC(O)C(OC2OC(C)C(O)C(O)C2O)C(O)O1. The lowest BCUT2D eigenvalue weighted by Crippen LogP contribution is -2.60. The van der Waals surface area contributed by atoms with E-state index in [1.54, 1.807) is 6.92 Å². The maximum Gasteiger partial charge on any atom is 0.187 e. The van der Waals surface area contributed by atoms with Gasteiger partial charge in [0, 0.05) is 6.42 Å². The summed E-state index contributed by atoms with van der Waals surface area (Å²) in [6.45, 7) is 3.22. The Labute approximate surface area is 116 Å². The topological polar surface area (TPSA) is 129 Å². The van der Waals surface area contributed by atoms with Crippen molar-refractivity contribution in [2.45, 2.75) is 75.6 Å². The molecular formula is C12H22O8. The predicted octanol–water partition coefficient (Wildman–Crippen LogP) is -2.31. The van der Waals surface area contributed by atoms with E-state index in [2.05, 4.69) is 0 Å². The van der Waals surface area contributed by atoms with Crippen LogP contribution in [0.4, 0.5) is 0 Å². The smallest absolute Gasteiger partial charge is 0.187 e. The molecule has 118 valence electrons. The summed E-state index contributed by atoms with van der Waals surface area (Å²) in [7, 11) is 0. The highest BCUT2D eigenvalue weighted by Crippen LogP contribution is 2.27. The van der Waals surface area contributed by atoms with Crippen molar-refractivity contribution >= 4 is 0 Å². The number of hydrogen-bond acceptors (Lipinski definition) is 8. The van der Waals surface area contributed by atoms with Crippen LogP contribution in [0.25, 0.3) is 0 Å². The lowest BCUT2D eigenvalue weighted by molar-refractivity contribution is -0.345. The summed E-state index contributed by atoms with van der Waals surface area (Å²) < 4.78 is 15.7. The van der Waals surface area contributed by atoms with Crippen LogP contribution in [0.3, 0.4) is 0 Å². The predicted molar refractivity (Wildman–Crippen MR) is 64.4 cm³/mol. The number of aliphatic hydroxyl groups excluding tert-OH is 5. The van der Waals surface area contributed by atoms with Crippen LogP contribution in [0, 0.1) is 0 Å². The standard InChI is InChI=1S/C12H22O8/c1-4-3-6(13)10(11(17)18-4)20-12-9(16)8(15)7(14)5(2)19-12/h4-17H,3H2,1-2H3. The quantitative estimate of drug-likeness (QED) is 0.384. The number of ether oxygens (including phenoxy) is 3. The van der Waals surface area contributed by atoms with Crippen molar-refractivity contribution in [1.82, 2.24) is 0 Å². The lowest BCUT2D eigenvalue weighted by atomic mass is 9.99. The first-order valence-corrected chi connectivity index (χ1v) is 6.68. The molecule has 2 aliphatic rings. The van der Waals surface area contributed by atoms with Gasteiger partial charge < -0.3 is 39.7 Å². The molecule has 0 amide bonds. The van der Waals surface area contributed by atoms with Crippen LogP contribution in [-0.2, 0) is 14.2 Å². The highest BCUT2D eigenvalue weighted by Gasteiger charge is 2.46. The van der Waals surface area contributed by atoms with E-state index in [9.17, 15) is 25.5 Å².